The van der Waals surface area contributed by atoms with Gasteiger partial charge in [-0.3, -0.25) is 5.32 Å². The molecule has 15 heteroatoms. The lowest BCUT2D eigenvalue weighted by atomic mass is 9.90. The Morgan fingerprint density at radius 1 is 1.17 bits per heavy atom. The maximum Gasteiger partial charge on any atom is 0.412 e. The number of halogens is 2. The van der Waals surface area contributed by atoms with Crippen LogP contribution in [0.25, 0.3) is 32.1 Å². The lowest BCUT2D eigenvalue weighted by molar-refractivity contribution is 0.0636. The highest BCUT2D eigenvalue weighted by Gasteiger charge is 2.34. The van der Waals surface area contributed by atoms with Crippen molar-refractivity contribution in [2.24, 2.45) is 0 Å². The molecule has 12 nitrogen and oxygen atoms in total. The molecule has 2 aromatic carbocycles. The van der Waals surface area contributed by atoms with Gasteiger partial charge in [0.2, 0.25) is 5.95 Å². The first-order chi connectivity index (χ1) is 22.9. The Bertz CT molecular complexity index is 2120. The Hall–Kier alpha value is -4.91. The lowest BCUT2D eigenvalue weighted by Gasteiger charge is -2.22. The van der Waals surface area contributed by atoms with E-state index in [-0.39, 0.29) is 51.8 Å². The molecule has 0 unspecified atom stereocenters. The van der Waals surface area contributed by atoms with E-state index in [9.17, 15) is 10.1 Å². The van der Waals surface area contributed by atoms with Crippen molar-refractivity contribution < 1.29 is 27.6 Å². The minimum atomic E-state index is -0.787. The summed E-state index contributed by atoms with van der Waals surface area (Å²) >= 11 is 1.07. The SMILES string of the molecule is CN(C)[C@H]1CCN(c2nc(Nc3cnoc3)c3c4c(c(-c5c(F)ccc6sc(NC(=O)OC(C)(C)C)c(C#N)c56)c(F)c3n2)COC4)C1. The molecule has 1 saturated heterocycles. The van der Waals surface area contributed by atoms with E-state index < -0.39 is 23.3 Å². The molecule has 3 aromatic heterocycles. The first kappa shape index (κ1) is 31.7. The monoisotopic (exact) mass is 674 g/mol. The maximum absolute atomic E-state index is 17.3. The fourth-order valence-corrected chi connectivity index (χ4v) is 7.31. The van der Waals surface area contributed by atoms with Crippen LogP contribution < -0.4 is 15.5 Å². The van der Waals surface area contributed by atoms with Gasteiger partial charge in [0.25, 0.3) is 0 Å². The number of hydrogen-bond acceptors (Lipinski definition) is 12. The number of ether oxygens (including phenoxy) is 2. The number of anilines is 4. The van der Waals surface area contributed by atoms with Crippen LogP contribution >= 0.6 is 11.3 Å². The van der Waals surface area contributed by atoms with Gasteiger partial charge < -0.3 is 29.1 Å². The summed E-state index contributed by atoms with van der Waals surface area (Å²) in [7, 11) is 4.01. The summed E-state index contributed by atoms with van der Waals surface area (Å²) in [6.45, 7) is 6.54. The zero-order valence-electron chi connectivity index (χ0n) is 26.9. The highest BCUT2D eigenvalue weighted by molar-refractivity contribution is 7.23. The number of carbonyl (C=O) groups excluding carboxylic acids is 1. The van der Waals surface area contributed by atoms with Gasteiger partial charge in [0.15, 0.2) is 5.82 Å². The quantitative estimate of drug-likeness (QED) is 0.194. The molecule has 0 saturated carbocycles. The summed E-state index contributed by atoms with van der Waals surface area (Å²) in [5.74, 6) is -0.879. The van der Waals surface area contributed by atoms with Gasteiger partial charge in [0, 0.05) is 40.3 Å². The van der Waals surface area contributed by atoms with Crippen molar-refractivity contribution in [2.45, 2.75) is 52.0 Å². The molecule has 0 aliphatic carbocycles. The number of hydrogen-bond donors (Lipinski definition) is 2. The zero-order chi connectivity index (χ0) is 33.9. The van der Waals surface area contributed by atoms with E-state index >= 15 is 8.78 Å². The van der Waals surface area contributed by atoms with Crippen LogP contribution in [0, 0.1) is 23.0 Å². The maximum atomic E-state index is 17.3. The number of nitrogens with one attached hydrogen (secondary N) is 2. The van der Waals surface area contributed by atoms with Crippen molar-refractivity contribution in [3.63, 3.8) is 0 Å². The van der Waals surface area contributed by atoms with Gasteiger partial charge in [-0.1, -0.05) is 5.16 Å². The third-order valence-corrected chi connectivity index (χ3v) is 9.51. The van der Waals surface area contributed by atoms with Crippen molar-refractivity contribution in [3.05, 3.63) is 52.9 Å². The van der Waals surface area contributed by atoms with E-state index in [1.807, 2.05) is 19.0 Å². The third-order valence-electron chi connectivity index (χ3n) is 8.44. The highest BCUT2D eigenvalue weighted by Crippen LogP contribution is 2.48. The molecular weight excluding hydrogens is 642 g/mol. The zero-order valence-corrected chi connectivity index (χ0v) is 27.7. The smallest absolute Gasteiger partial charge is 0.412 e. The minimum absolute atomic E-state index is 0.00646. The van der Waals surface area contributed by atoms with Gasteiger partial charge >= 0.3 is 6.09 Å². The minimum Gasteiger partial charge on any atom is -0.444 e. The van der Waals surface area contributed by atoms with Gasteiger partial charge in [0.05, 0.1) is 30.4 Å². The Kier molecular flexibility index (Phi) is 7.89. The van der Waals surface area contributed by atoms with Gasteiger partial charge in [-0.15, -0.1) is 11.3 Å². The number of aromatic nitrogens is 3. The number of benzene rings is 2. The number of amides is 1. The van der Waals surface area contributed by atoms with Crippen molar-refractivity contribution >= 4 is 60.9 Å². The Morgan fingerprint density at radius 3 is 2.65 bits per heavy atom. The molecule has 5 aromatic rings. The molecule has 48 heavy (non-hydrogen) atoms. The lowest BCUT2D eigenvalue weighted by Crippen LogP contribution is -2.32. The highest BCUT2D eigenvalue weighted by atomic mass is 32.1. The predicted molar refractivity (Wildman–Crippen MR) is 177 cm³/mol. The van der Waals surface area contributed by atoms with Crippen molar-refractivity contribution in [1.82, 2.24) is 20.0 Å². The Morgan fingerprint density at radius 2 is 1.96 bits per heavy atom. The van der Waals surface area contributed by atoms with Crippen LogP contribution in [0.5, 0.6) is 0 Å². The van der Waals surface area contributed by atoms with Crippen LogP contribution in [0.15, 0.2) is 29.1 Å². The van der Waals surface area contributed by atoms with Crippen LogP contribution in [0.2, 0.25) is 0 Å². The topological polar surface area (TPSA) is 142 Å². The molecule has 1 fully saturated rings. The summed E-state index contributed by atoms with van der Waals surface area (Å²) < 4.78 is 50.2. The summed E-state index contributed by atoms with van der Waals surface area (Å²) in [6.07, 6.45) is 2.99. The van der Waals surface area contributed by atoms with Gasteiger partial charge in [0.1, 0.15) is 45.8 Å². The van der Waals surface area contributed by atoms with Crippen molar-refractivity contribution in [1.29, 1.82) is 5.26 Å². The molecule has 0 radical (unpaired) electrons. The second-order valence-electron chi connectivity index (χ2n) is 13.0. The Balaban J connectivity index is 1.46. The first-order valence-corrected chi connectivity index (χ1v) is 16.1. The molecule has 7 rings (SSSR count). The summed E-state index contributed by atoms with van der Waals surface area (Å²) in [6, 6.07) is 5.09. The number of nitriles is 1. The second-order valence-corrected chi connectivity index (χ2v) is 14.0. The Labute approximate surface area is 278 Å². The van der Waals surface area contributed by atoms with E-state index in [0.29, 0.717) is 51.8 Å². The van der Waals surface area contributed by atoms with Gasteiger partial charge in [-0.25, -0.2) is 18.6 Å². The van der Waals surface area contributed by atoms with E-state index in [1.165, 1.54) is 24.6 Å². The summed E-state index contributed by atoms with van der Waals surface area (Å²) in [5, 5.41) is 20.6. The molecule has 1 amide bonds. The number of likely N-dealkylation sites (N-methyl/N-ethyl adjacent to an activating group) is 1. The third kappa shape index (κ3) is 5.55. The molecule has 248 valence electrons. The van der Waals surface area contributed by atoms with Crippen LogP contribution in [-0.4, -0.2) is 64.9 Å². The molecular formula is C33H32F2N8O4S. The van der Waals surface area contributed by atoms with Gasteiger partial charge in [-0.05, 0) is 64.5 Å². The second kappa shape index (κ2) is 12.0. The summed E-state index contributed by atoms with van der Waals surface area (Å²) in [5.41, 5.74) is 0.536. The fraction of sp³-hybridized carbons (Fsp3) is 0.364. The van der Waals surface area contributed by atoms with Crippen molar-refractivity contribution in [3.8, 4) is 17.2 Å². The molecule has 2 aliphatic rings. The molecule has 0 spiro atoms. The fourth-order valence-electron chi connectivity index (χ4n) is 6.26. The van der Waals surface area contributed by atoms with Crippen LogP contribution in [0.1, 0.15) is 43.9 Å². The van der Waals surface area contributed by atoms with Crippen molar-refractivity contribution in [2.75, 3.05) is 42.7 Å². The molecule has 2 N–H and O–H groups in total. The van der Waals surface area contributed by atoms with Crippen LogP contribution in [-0.2, 0) is 22.7 Å². The molecule has 5 heterocycles. The molecule has 1 atom stereocenters. The number of nitrogens with zero attached hydrogens (tertiary/aromatic N) is 6. The van der Waals surface area contributed by atoms with E-state index in [0.717, 1.165) is 17.8 Å². The average molecular weight is 675 g/mol. The number of thiophene rings is 1. The van der Waals surface area contributed by atoms with Crippen LogP contribution in [0.4, 0.5) is 36.0 Å². The average Bonchev–Trinajstić information content (AvgIpc) is 3.84. The van der Waals surface area contributed by atoms with Gasteiger partial charge in [-0.2, -0.15) is 10.2 Å². The predicted octanol–water partition coefficient (Wildman–Crippen LogP) is 6.91. The van der Waals surface area contributed by atoms with E-state index in [4.69, 9.17) is 24.0 Å². The van der Waals surface area contributed by atoms with E-state index in [1.54, 1.807) is 20.8 Å². The normalized spacial score (nSPS) is 16.1. The molecule has 0 bridgehead atoms. The number of rotatable bonds is 6. The number of fused-ring (bicyclic) bond motifs is 4. The summed E-state index contributed by atoms with van der Waals surface area (Å²) in [4.78, 5) is 26.4. The largest absolute Gasteiger partial charge is 0.444 e. The standard InChI is InChI=1S/C33H32F2N8O4S/c1-33(2,3)47-32(44)41-30-18(10-36)23-22(48-30)7-6-21(34)26(23)24-19-14-45-15-20(19)25-28(27(24)35)39-31(43-9-8-17(12-43)42(4)5)40-29(25)38-16-11-37-46-13-16/h6-7,11,13,17H,8-9,12,14-15H2,1-5H3,(H,41,44)(H,38,39,40)/t17-/m0/s1. The molecule has 2 aliphatic heterocycles. The number of carbonyl (C=O) groups is 1. The first-order valence-electron chi connectivity index (χ1n) is 15.3. The van der Waals surface area contributed by atoms with E-state index in [2.05, 4.69) is 26.8 Å². The van der Waals surface area contributed by atoms with Crippen LogP contribution in [0.3, 0.4) is 0 Å².